The van der Waals surface area contributed by atoms with Crippen LogP contribution in [-0.2, 0) is 0 Å². The van der Waals surface area contributed by atoms with Crippen molar-refractivity contribution in [1.29, 1.82) is 0 Å². The second-order valence-corrected chi connectivity index (χ2v) is 9.20. The molecule has 0 aromatic rings. The highest BCUT2D eigenvalue weighted by molar-refractivity contribution is 4.99. The summed E-state index contributed by atoms with van der Waals surface area (Å²) in [7, 11) is 2.30. The van der Waals surface area contributed by atoms with Gasteiger partial charge in [0.1, 0.15) is 0 Å². The molecule has 2 nitrogen and oxygen atoms in total. The first kappa shape index (κ1) is 19.0. The minimum atomic E-state index is 0.215. The molecule has 21 heavy (non-hydrogen) atoms. The van der Waals surface area contributed by atoms with Crippen LogP contribution in [-0.4, -0.2) is 30.1 Å². The van der Waals surface area contributed by atoms with E-state index in [4.69, 9.17) is 5.73 Å². The van der Waals surface area contributed by atoms with Crippen molar-refractivity contribution in [2.75, 3.05) is 13.6 Å². The Labute approximate surface area is 133 Å². The monoisotopic (exact) mass is 296 g/mol. The van der Waals surface area contributed by atoms with E-state index < -0.39 is 0 Å². The molecule has 1 fully saturated rings. The first-order valence-electron chi connectivity index (χ1n) is 8.93. The molecule has 1 aliphatic carbocycles. The van der Waals surface area contributed by atoms with Crippen LogP contribution in [0.3, 0.4) is 0 Å². The zero-order valence-electron chi connectivity index (χ0n) is 15.9. The van der Waals surface area contributed by atoms with E-state index in [9.17, 15) is 0 Å². The SMILES string of the molecule is CCC(C)(C)C1CCC(CN)(N(C)C(C)C(C)(C)C)CC1. The van der Waals surface area contributed by atoms with Gasteiger partial charge in [0.2, 0.25) is 0 Å². The van der Waals surface area contributed by atoms with Crippen LogP contribution < -0.4 is 5.73 Å². The second-order valence-electron chi connectivity index (χ2n) is 9.20. The van der Waals surface area contributed by atoms with Gasteiger partial charge in [0, 0.05) is 18.1 Å². The predicted molar refractivity (Wildman–Crippen MR) is 94.5 cm³/mol. The van der Waals surface area contributed by atoms with Crippen molar-refractivity contribution >= 4 is 0 Å². The molecule has 2 heteroatoms. The molecule has 1 rings (SSSR count). The number of hydrogen-bond donors (Lipinski definition) is 1. The topological polar surface area (TPSA) is 29.3 Å². The van der Waals surface area contributed by atoms with Gasteiger partial charge in [-0.3, -0.25) is 4.90 Å². The number of rotatable bonds is 5. The van der Waals surface area contributed by atoms with Crippen LogP contribution in [0.1, 0.15) is 80.6 Å². The summed E-state index contributed by atoms with van der Waals surface area (Å²) in [6, 6.07) is 0.553. The molecule has 0 radical (unpaired) electrons. The zero-order valence-corrected chi connectivity index (χ0v) is 15.9. The Balaban J connectivity index is 2.82. The molecule has 0 aromatic carbocycles. The lowest BCUT2D eigenvalue weighted by Gasteiger charge is -2.53. The summed E-state index contributed by atoms with van der Waals surface area (Å²) in [6.07, 6.45) is 6.46. The van der Waals surface area contributed by atoms with Gasteiger partial charge in [0.05, 0.1) is 0 Å². The van der Waals surface area contributed by atoms with E-state index in [1.54, 1.807) is 0 Å². The van der Waals surface area contributed by atoms with Gasteiger partial charge in [-0.15, -0.1) is 0 Å². The van der Waals surface area contributed by atoms with Crippen molar-refractivity contribution in [3.8, 4) is 0 Å². The van der Waals surface area contributed by atoms with Crippen LogP contribution in [0.5, 0.6) is 0 Å². The molecule has 0 saturated heterocycles. The van der Waals surface area contributed by atoms with Gasteiger partial charge >= 0.3 is 0 Å². The Morgan fingerprint density at radius 3 is 1.95 bits per heavy atom. The molecule has 1 unspecified atom stereocenters. The van der Waals surface area contributed by atoms with Crippen molar-refractivity contribution in [3.63, 3.8) is 0 Å². The van der Waals surface area contributed by atoms with E-state index in [0.717, 1.165) is 12.5 Å². The predicted octanol–water partition coefficient (Wildman–Crippen LogP) is 4.68. The molecule has 0 heterocycles. The highest BCUT2D eigenvalue weighted by atomic mass is 15.2. The Morgan fingerprint density at radius 2 is 1.62 bits per heavy atom. The minimum Gasteiger partial charge on any atom is -0.329 e. The van der Waals surface area contributed by atoms with Crippen molar-refractivity contribution in [3.05, 3.63) is 0 Å². The molecule has 0 aliphatic heterocycles. The van der Waals surface area contributed by atoms with Crippen LogP contribution in [0, 0.1) is 16.7 Å². The van der Waals surface area contributed by atoms with E-state index in [2.05, 4.69) is 60.4 Å². The lowest BCUT2D eigenvalue weighted by Crippen LogP contribution is -2.59. The molecule has 1 aliphatic rings. The Morgan fingerprint density at radius 1 is 1.14 bits per heavy atom. The van der Waals surface area contributed by atoms with E-state index in [1.165, 1.54) is 32.1 Å². The van der Waals surface area contributed by atoms with Gasteiger partial charge in [-0.05, 0) is 56.4 Å². The van der Waals surface area contributed by atoms with E-state index in [0.29, 0.717) is 16.9 Å². The lowest BCUT2D eigenvalue weighted by atomic mass is 9.64. The lowest BCUT2D eigenvalue weighted by molar-refractivity contribution is -0.0166. The van der Waals surface area contributed by atoms with Crippen LogP contribution in [0.15, 0.2) is 0 Å². The summed E-state index contributed by atoms with van der Waals surface area (Å²) in [6.45, 7) is 17.4. The molecule has 0 spiro atoms. The van der Waals surface area contributed by atoms with Gasteiger partial charge in [-0.25, -0.2) is 0 Å². The van der Waals surface area contributed by atoms with Gasteiger partial charge < -0.3 is 5.73 Å². The Hall–Kier alpha value is -0.0800. The number of likely N-dealkylation sites (N-methyl/N-ethyl adjacent to an activating group) is 1. The minimum absolute atomic E-state index is 0.215. The normalized spacial score (nSPS) is 29.7. The number of hydrogen-bond acceptors (Lipinski definition) is 2. The third-order valence-electron chi connectivity index (χ3n) is 6.90. The maximum atomic E-state index is 6.27. The molecule has 1 saturated carbocycles. The van der Waals surface area contributed by atoms with Crippen LogP contribution in [0.2, 0.25) is 0 Å². The average Bonchev–Trinajstić information content (AvgIpc) is 2.44. The Kier molecular flexibility index (Phi) is 5.94. The molecule has 0 bridgehead atoms. The third kappa shape index (κ3) is 4.01. The van der Waals surface area contributed by atoms with Gasteiger partial charge in [-0.1, -0.05) is 48.0 Å². The van der Waals surface area contributed by atoms with Gasteiger partial charge in [0.25, 0.3) is 0 Å². The summed E-state index contributed by atoms with van der Waals surface area (Å²) in [5.41, 5.74) is 7.26. The van der Waals surface area contributed by atoms with Crippen LogP contribution >= 0.6 is 0 Å². The zero-order chi connectivity index (χ0) is 16.5. The Bertz CT molecular complexity index is 319. The highest BCUT2D eigenvalue weighted by Crippen LogP contribution is 2.46. The maximum absolute atomic E-state index is 6.27. The molecule has 1 atom stereocenters. The molecule has 2 N–H and O–H groups in total. The maximum Gasteiger partial charge on any atom is 0.0331 e. The quantitative estimate of drug-likeness (QED) is 0.798. The first-order valence-corrected chi connectivity index (χ1v) is 8.93. The van der Waals surface area contributed by atoms with Gasteiger partial charge in [-0.2, -0.15) is 0 Å². The fourth-order valence-electron chi connectivity index (χ4n) is 3.92. The summed E-state index contributed by atoms with van der Waals surface area (Å²) in [5, 5.41) is 0. The summed E-state index contributed by atoms with van der Waals surface area (Å²) in [4.78, 5) is 2.60. The third-order valence-corrected chi connectivity index (χ3v) is 6.90. The highest BCUT2D eigenvalue weighted by Gasteiger charge is 2.44. The van der Waals surface area contributed by atoms with E-state index in [-0.39, 0.29) is 5.54 Å². The molecular weight excluding hydrogens is 256 g/mol. The van der Waals surface area contributed by atoms with Crippen molar-refractivity contribution in [2.24, 2.45) is 22.5 Å². The van der Waals surface area contributed by atoms with Gasteiger partial charge in [0.15, 0.2) is 0 Å². The number of nitrogens with two attached hydrogens (primary N) is 1. The van der Waals surface area contributed by atoms with Crippen LogP contribution in [0.4, 0.5) is 0 Å². The summed E-state index contributed by atoms with van der Waals surface area (Å²) < 4.78 is 0. The smallest absolute Gasteiger partial charge is 0.0331 e. The molecule has 0 amide bonds. The largest absolute Gasteiger partial charge is 0.329 e. The van der Waals surface area contributed by atoms with Crippen molar-refractivity contribution in [2.45, 2.75) is 92.2 Å². The van der Waals surface area contributed by atoms with Crippen molar-refractivity contribution in [1.82, 2.24) is 4.90 Å². The summed E-state index contributed by atoms with van der Waals surface area (Å²) >= 11 is 0. The fourth-order valence-corrected chi connectivity index (χ4v) is 3.92. The van der Waals surface area contributed by atoms with Crippen LogP contribution in [0.25, 0.3) is 0 Å². The average molecular weight is 297 g/mol. The molecule has 126 valence electrons. The standard InChI is InChI=1S/C19H40N2/c1-9-18(6,7)16-10-12-19(14-20,13-11-16)21(8)15(2)17(3,4)5/h15-16H,9-14,20H2,1-8H3. The van der Waals surface area contributed by atoms with Crippen molar-refractivity contribution < 1.29 is 0 Å². The molecule has 0 aromatic heterocycles. The second kappa shape index (κ2) is 6.58. The molecular formula is C19H40N2. The van der Waals surface area contributed by atoms with E-state index >= 15 is 0 Å². The van der Waals surface area contributed by atoms with E-state index in [1.807, 2.05) is 0 Å². The first-order chi connectivity index (χ1) is 9.50. The number of nitrogens with zero attached hydrogens (tertiary/aromatic N) is 1. The summed E-state index contributed by atoms with van der Waals surface area (Å²) in [5.74, 6) is 0.862. The fraction of sp³-hybridized carbons (Fsp3) is 1.00.